The van der Waals surface area contributed by atoms with Gasteiger partial charge >= 0.3 is 0 Å². The van der Waals surface area contributed by atoms with Crippen LogP contribution >= 0.6 is 11.9 Å². The Kier molecular flexibility index (Phi) is 8.24. The van der Waals surface area contributed by atoms with Crippen LogP contribution in [0.25, 0.3) is 0 Å². The van der Waals surface area contributed by atoms with Crippen LogP contribution in [0.5, 0.6) is 0 Å². The fourth-order valence-corrected chi connectivity index (χ4v) is 5.41. The number of nitrogens with one attached hydrogen (secondary N) is 1. The molecule has 3 rings (SSSR count). The average molecular weight is 404 g/mol. The summed E-state index contributed by atoms with van der Waals surface area (Å²) in [6, 6.07) is 8.31. The van der Waals surface area contributed by atoms with Gasteiger partial charge in [-0.2, -0.15) is 0 Å². The number of piperazine rings is 1. The summed E-state index contributed by atoms with van der Waals surface area (Å²) in [7, 11) is 0. The zero-order valence-corrected chi connectivity index (χ0v) is 18.5. The van der Waals surface area contributed by atoms with Gasteiger partial charge in [-0.15, -0.1) is 0 Å². The van der Waals surface area contributed by atoms with E-state index in [0.29, 0.717) is 6.42 Å². The summed E-state index contributed by atoms with van der Waals surface area (Å²) in [4.78, 5) is 15.3. The Morgan fingerprint density at radius 3 is 2.39 bits per heavy atom. The number of carbonyl (C=O) groups is 1. The average Bonchev–Trinajstić information content (AvgIpc) is 2.73. The molecule has 1 saturated carbocycles. The molecular formula is C23H37N3OS. The predicted octanol–water partition coefficient (Wildman–Crippen LogP) is 4.03. The second kappa shape index (κ2) is 10.7. The molecule has 1 aliphatic carbocycles. The third-order valence-electron chi connectivity index (χ3n) is 6.27. The van der Waals surface area contributed by atoms with Crippen molar-refractivity contribution in [2.75, 3.05) is 38.5 Å². The Labute approximate surface area is 175 Å². The lowest BCUT2D eigenvalue weighted by Crippen LogP contribution is -2.61. The Morgan fingerprint density at radius 2 is 1.75 bits per heavy atom. The minimum atomic E-state index is 0.158. The van der Waals surface area contributed by atoms with E-state index in [2.05, 4.69) is 52.6 Å². The van der Waals surface area contributed by atoms with Gasteiger partial charge in [0.15, 0.2) is 0 Å². The van der Waals surface area contributed by atoms with Gasteiger partial charge in [-0.05, 0) is 31.7 Å². The maximum atomic E-state index is 12.6. The molecule has 0 aromatic heterocycles. The number of hydrogen-bond acceptors (Lipinski definition) is 4. The van der Waals surface area contributed by atoms with Crippen molar-refractivity contribution in [3.63, 3.8) is 0 Å². The van der Waals surface area contributed by atoms with Crippen LogP contribution in [0.1, 0.15) is 56.6 Å². The molecule has 1 aromatic rings. The molecule has 1 N–H and O–H groups in total. The van der Waals surface area contributed by atoms with E-state index in [1.807, 2.05) is 11.9 Å². The number of rotatable bonds is 8. The van der Waals surface area contributed by atoms with Crippen molar-refractivity contribution in [2.45, 2.75) is 64.3 Å². The van der Waals surface area contributed by atoms with Gasteiger partial charge in [0.25, 0.3) is 0 Å². The highest BCUT2D eigenvalue weighted by atomic mass is 32.2. The first-order chi connectivity index (χ1) is 13.6. The summed E-state index contributed by atoms with van der Waals surface area (Å²) in [5.41, 5.74) is 2.51. The highest BCUT2D eigenvalue weighted by Crippen LogP contribution is 2.34. The van der Waals surface area contributed by atoms with Gasteiger partial charge in [-0.1, -0.05) is 68.0 Å². The summed E-state index contributed by atoms with van der Waals surface area (Å²) in [6.45, 7) is 9.68. The molecule has 1 aromatic carbocycles. The topological polar surface area (TPSA) is 35.6 Å². The van der Waals surface area contributed by atoms with Gasteiger partial charge in [0.2, 0.25) is 5.91 Å². The van der Waals surface area contributed by atoms with Gasteiger partial charge in [-0.3, -0.25) is 9.69 Å². The quantitative estimate of drug-likeness (QED) is 0.665. The molecule has 1 saturated heterocycles. The maximum absolute atomic E-state index is 12.6. The molecule has 0 spiro atoms. The van der Waals surface area contributed by atoms with Crippen LogP contribution in [0, 0.1) is 6.92 Å². The van der Waals surface area contributed by atoms with Crippen molar-refractivity contribution >= 4 is 17.9 Å². The molecule has 1 aliphatic heterocycles. The monoisotopic (exact) mass is 403 g/mol. The first-order valence-corrected chi connectivity index (χ1v) is 12.0. The van der Waals surface area contributed by atoms with Crippen LogP contribution in [-0.4, -0.2) is 59.1 Å². The second-order valence-corrected chi connectivity index (χ2v) is 9.66. The third kappa shape index (κ3) is 5.98. The molecule has 0 bridgehead atoms. The second-order valence-electron chi connectivity index (χ2n) is 8.47. The number of aryl methyl sites for hydroxylation is 1. The van der Waals surface area contributed by atoms with E-state index in [1.54, 1.807) is 0 Å². The molecule has 28 heavy (non-hydrogen) atoms. The first kappa shape index (κ1) is 21.7. The standard InChI is InChI=1S/C23H37N3OS/c1-3-17-28-26-15-13-25(14-16-26)23(11-5-4-6-12-23)19-24-22(27)18-21-9-7-20(2)8-10-21/h7-10H,3-6,11-19H2,1-2H3,(H,24,27). The molecule has 5 heteroatoms. The molecular weight excluding hydrogens is 366 g/mol. The zero-order chi connectivity index (χ0) is 19.8. The van der Waals surface area contributed by atoms with Gasteiger partial charge in [-0.25, -0.2) is 4.31 Å². The number of nitrogens with zero attached hydrogens (tertiary/aromatic N) is 2. The zero-order valence-electron chi connectivity index (χ0n) is 17.7. The lowest BCUT2D eigenvalue weighted by atomic mass is 9.79. The Morgan fingerprint density at radius 1 is 1.07 bits per heavy atom. The van der Waals surface area contributed by atoms with Crippen LogP contribution in [0.4, 0.5) is 0 Å². The van der Waals surface area contributed by atoms with Gasteiger partial charge < -0.3 is 5.32 Å². The summed E-state index contributed by atoms with van der Waals surface area (Å²) in [5.74, 6) is 1.38. The van der Waals surface area contributed by atoms with Gasteiger partial charge in [0, 0.05) is 44.0 Å². The molecule has 0 atom stereocenters. The van der Waals surface area contributed by atoms with E-state index in [0.717, 1.165) is 38.3 Å². The van der Waals surface area contributed by atoms with Crippen LogP contribution in [0.3, 0.4) is 0 Å². The van der Waals surface area contributed by atoms with E-state index in [9.17, 15) is 4.79 Å². The third-order valence-corrected chi connectivity index (χ3v) is 7.59. The Hall–Kier alpha value is -1.04. The summed E-state index contributed by atoms with van der Waals surface area (Å²) < 4.78 is 2.53. The van der Waals surface area contributed by atoms with E-state index in [4.69, 9.17) is 0 Å². The van der Waals surface area contributed by atoms with Crippen molar-refractivity contribution in [1.29, 1.82) is 0 Å². The van der Waals surface area contributed by atoms with Crippen LogP contribution in [-0.2, 0) is 11.2 Å². The number of hydrogen-bond donors (Lipinski definition) is 1. The van der Waals surface area contributed by atoms with Crippen molar-refractivity contribution in [3.8, 4) is 0 Å². The molecule has 2 aliphatic rings. The molecule has 1 amide bonds. The summed E-state index contributed by atoms with van der Waals surface area (Å²) in [6.07, 6.45) is 8.09. The van der Waals surface area contributed by atoms with Crippen molar-refractivity contribution in [1.82, 2.24) is 14.5 Å². The van der Waals surface area contributed by atoms with Crippen LogP contribution in [0.2, 0.25) is 0 Å². The number of carbonyl (C=O) groups excluding carboxylic acids is 1. The minimum absolute atomic E-state index is 0.158. The molecule has 156 valence electrons. The molecule has 0 unspecified atom stereocenters. The van der Waals surface area contributed by atoms with E-state index < -0.39 is 0 Å². The normalized spacial score (nSPS) is 20.8. The van der Waals surface area contributed by atoms with Crippen molar-refractivity contribution < 1.29 is 4.79 Å². The minimum Gasteiger partial charge on any atom is -0.354 e. The molecule has 2 fully saturated rings. The predicted molar refractivity (Wildman–Crippen MR) is 120 cm³/mol. The maximum Gasteiger partial charge on any atom is 0.224 e. The summed E-state index contributed by atoms with van der Waals surface area (Å²) in [5, 5.41) is 3.30. The first-order valence-electron chi connectivity index (χ1n) is 11.1. The highest BCUT2D eigenvalue weighted by Gasteiger charge is 2.39. The smallest absolute Gasteiger partial charge is 0.224 e. The molecule has 0 radical (unpaired) electrons. The van der Waals surface area contributed by atoms with E-state index in [1.165, 1.54) is 49.8 Å². The number of benzene rings is 1. The highest BCUT2D eigenvalue weighted by molar-refractivity contribution is 7.97. The summed E-state index contributed by atoms with van der Waals surface area (Å²) >= 11 is 2.00. The fraction of sp³-hybridized carbons (Fsp3) is 0.696. The van der Waals surface area contributed by atoms with E-state index >= 15 is 0 Å². The fourth-order valence-electron chi connectivity index (χ4n) is 4.54. The largest absolute Gasteiger partial charge is 0.354 e. The Bertz CT molecular complexity index is 605. The van der Waals surface area contributed by atoms with Crippen molar-refractivity contribution in [2.24, 2.45) is 0 Å². The Balaban J connectivity index is 1.54. The lowest BCUT2D eigenvalue weighted by molar-refractivity contribution is -0.121. The SMILES string of the molecule is CCCSN1CCN(C2(CNC(=O)Cc3ccc(C)cc3)CCCCC2)CC1. The number of amides is 1. The molecule has 1 heterocycles. The molecule has 4 nitrogen and oxygen atoms in total. The lowest BCUT2D eigenvalue weighted by Gasteiger charge is -2.49. The van der Waals surface area contributed by atoms with Gasteiger partial charge in [0.05, 0.1) is 6.42 Å². The van der Waals surface area contributed by atoms with Crippen LogP contribution < -0.4 is 5.32 Å². The van der Waals surface area contributed by atoms with Crippen molar-refractivity contribution in [3.05, 3.63) is 35.4 Å². The van der Waals surface area contributed by atoms with Gasteiger partial charge in [0.1, 0.15) is 0 Å². The van der Waals surface area contributed by atoms with E-state index in [-0.39, 0.29) is 11.4 Å². The van der Waals surface area contributed by atoms with Crippen LogP contribution in [0.15, 0.2) is 24.3 Å².